The number of anilines is 1. The maximum Gasteiger partial charge on any atom is 0.252 e. The highest BCUT2D eigenvalue weighted by Gasteiger charge is 2.29. The Bertz CT molecular complexity index is 521. The number of nitrogens with two attached hydrogens (primary N) is 1. The third-order valence-electron chi connectivity index (χ3n) is 3.49. The minimum absolute atomic E-state index is 0.134. The molecule has 2 rings (SSSR count). The predicted molar refractivity (Wildman–Crippen MR) is 77.8 cm³/mol. The topological polar surface area (TPSA) is 97.5 Å². The van der Waals surface area contributed by atoms with Gasteiger partial charge in [0.15, 0.2) is 0 Å². The Morgan fingerprint density at radius 1 is 1.62 bits per heavy atom. The van der Waals surface area contributed by atoms with Crippen molar-refractivity contribution < 1.29 is 14.3 Å². The normalized spacial score (nSPS) is 18.0. The number of carbonyl (C=O) groups excluding carboxylic acids is 2. The summed E-state index contributed by atoms with van der Waals surface area (Å²) in [5.41, 5.74) is 5.66. The summed E-state index contributed by atoms with van der Waals surface area (Å²) in [5.74, 6) is 0.273. The van der Waals surface area contributed by atoms with Crippen LogP contribution in [0.25, 0.3) is 0 Å². The van der Waals surface area contributed by atoms with Crippen LogP contribution in [-0.2, 0) is 9.53 Å². The first-order valence-electron chi connectivity index (χ1n) is 6.87. The lowest BCUT2D eigenvalue weighted by Gasteiger charge is -2.16. The average Bonchev–Trinajstić information content (AvgIpc) is 2.83. The van der Waals surface area contributed by atoms with Crippen molar-refractivity contribution >= 4 is 17.6 Å². The molecular formula is C14H20N4O3. The molecule has 21 heavy (non-hydrogen) atoms. The number of carbonyl (C=O) groups is 2. The summed E-state index contributed by atoms with van der Waals surface area (Å²) in [6.45, 7) is 2.42. The van der Waals surface area contributed by atoms with Crippen molar-refractivity contribution in [2.45, 2.75) is 6.42 Å². The summed E-state index contributed by atoms with van der Waals surface area (Å²) in [6, 6.07) is 3.29. The van der Waals surface area contributed by atoms with Crippen molar-refractivity contribution in [2.24, 2.45) is 11.7 Å². The van der Waals surface area contributed by atoms with Crippen molar-refractivity contribution in [3.8, 4) is 0 Å². The highest BCUT2D eigenvalue weighted by molar-refractivity contribution is 5.97. The Morgan fingerprint density at radius 2 is 2.43 bits per heavy atom. The van der Waals surface area contributed by atoms with Gasteiger partial charge in [0, 0.05) is 45.3 Å². The zero-order valence-corrected chi connectivity index (χ0v) is 12.0. The van der Waals surface area contributed by atoms with Gasteiger partial charge in [0.1, 0.15) is 5.82 Å². The van der Waals surface area contributed by atoms with Gasteiger partial charge < -0.3 is 20.7 Å². The number of likely N-dealkylation sites (tertiary alicyclic amines) is 1. The maximum absolute atomic E-state index is 11.8. The number of primary amides is 1. The third-order valence-corrected chi connectivity index (χ3v) is 3.49. The molecule has 7 nitrogen and oxygen atoms in total. The Kier molecular flexibility index (Phi) is 5.10. The van der Waals surface area contributed by atoms with E-state index >= 15 is 0 Å². The molecule has 1 aromatic rings. The molecule has 7 heteroatoms. The molecule has 1 aliphatic rings. The van der Waals surface area contributed by atoms with Crippen molar-refractivity contribution in [1.29, 1.82) is 0 Å². The third kappa shape index (κ3) is 3.91. The lowest BCUT2D eigenvalue weighted by Crippen LogP contribution is -2.29. The Hall–Kier alpha value is -2.15. The zero-order chi connectivity index (χ0) is 15.2. The van der Waals surface area contributed by atoms with E-state index in [1.807, 2.05) is 0 Å². The van der Waals surface area contributed by atoms with Gasteiger partial charge >= 0.3 is 0 Å². The molecule has 1 aromatic heterocycles. The first-order valence-corrected chi connectivity index (χ1v) is 6.87. The van der Waals surface area contributed by atoms with E-state index in [2.05, 4.69) is 10.3 Å². The van der Waals surface area contributed by atoms with Gasteiger partial charge in [0.05, 0.1) is 12.2 Å². The van der Waals surface area contributed by atoms with Crippen LogP contribution in [0.3, 0.4) is 0 Å². The number of methoxy groups -OCH3 is 1. The van der Waals surface area contributed by atoms with Gasteiger partial charge in [0.25, 0.3) is 5.91 Å². The fraction of sp³-hybridized carbons (Fsp3) is 0.500. The number of pyridine rings is 1. The molecule has 1 aliphatic heterocycles. The Balaban J connectivity index is 1.90. The van der Waals surface area contributed by atoms with Gasteiger partial charge in [-0.1, -0.05) is 0 Å². The van der Waals surface area contributed by atoms with E-state index in [0.717, 1.165) is 0 Å². The molecule has 0 radical (unpaired) electrons. The molecule has 0 saturated carbocycles. The molecule has 2 amide bonds. The van der Waals surface area contributed by atoms with Crippen molar-refractivity contribution in [2.75, 3.05) is 38.7 Å². The molecule has 1 atom stereocenters. The van der Waals surface area contributed by atoms with Crippen LogP contribution < -0.4 is 11.1 Å². The van der Waals surface area contributed by atoms with E-state index in [1.165, 1.54) is 0 Å². The van der Waals surface area contributed by atoms with Crippen LogP contribution >= 0.6 is 0 Å². The molecule has 0 bridgehead atoms. The van der Waals surface area contributed by atoms with Crippen LogP contribution in [-0.4, -0.2) is 55.0 Å². The molecular weight excluding hydrogens is 272 g/mol. The molecule has 0 aromatic carbocycles. The summed E-state index contributed by atoms with van der Waals surface area (Å²) in [7, 11) is 1.62. The van der Waals surface area contributed by atoms with E-state index in [0.29, 0.717) is 44.0 Å². The second-order valence-corrected chi connectivity index (χ2v) is 5.05. The Morgan fingerprint density at radius 3 is 3.14 bits per heavy atom. The van der Waals surface area contributed by atoms with E-state index < -0.39 is 5.91 Å². The first-order chi connectivity index (χ1) is 10.1. The fourth-order valence-corrected chi connectivity index (χ4v) is 2.39. The van der Waals surface area contributed by atoms with Crippen molar-refractivity contribution in [3.63, 3.8) is 0 Å². The number of hydrogen-bond acceptors (Lipinski definition) is 5. The highest BCUT2D eigenvalue weighted by Crippen LogP contribution is 2.19. The van der Waals surface area contributed by atoms with Crippen molar-refractivity contribution in [3.05, 3.63) is 23.9 Å². The number of rotatable bonds is 7. The second-order valence-electron chi connectivity index (χ2n) is 5.05. The van der Waals surface area contributed by atoms with Gasteiger partial charge in [-0.2, -0.15) is 0 Å². The SMILES string of the molecule is COCCN1C[C@H](CNc2ncccc2C(N)=O)CC1=O. The maximum atomic E-state index is 11.8. The van der Waals surface area contributed by atoms with E-state index in [-0.39, 0.29) is 11.8 Å². The number of nitrogens with zero attached hydrogens (tertiary/aromatic N) is 2. The van der Waals surface area contributed by atoms with Crippen molar-refractivity contribution in [1.82, 2.24) is 9.88 Å². The summed E-state index contributed by atoms with van der Waals surface area (Å²) in [5, 5.41) is 3.11. The number of amides is 2. The quantitative estimate of drug-likeness (QED) is 0.742. The van der Waals surface area contributed by atoms with E-state index in [1.54, 1.807) is 30.3 Å². The predicted octanol–water partition coefficient (Wildman–Crippen LogP) is 0.0873. The second kappa shape index (κ2) is 7.03. The minimum atomic E-state index is -0.519. The summed E-state index contributed by atoms with van der Waals surface area (Å²) >= 11 is 0. The van der Waals surface area contributed by atoms with Gasteiger partial charge in [-0.05, 0) is 12.1 Å². The van der Waals surface area contributed by atoms with Crippen LogP contribution in [0.1, 0.15) is 16.8 Å². The average molecular weight is 292 g/mol. The number of aromatic nitrogens is 1. The monoisotopic (exact) mass is 292 g/mol. The molecule has 0 unspecified atom stereocenters. The lowest BCUT2D eigenvalue weighted by atomic mass is 10.1. The number of ether oxygens (including phenoxy) is 1. The van der Waals surface area contributed by atoms with Crippen LogP contribution in [0.4, 0.5) is 5.82 Å². The van der Waals surface area contributed by atoms with E-state index in [4.69, 9.17) is 10.5 Å². The first kappa shape index (κ1) is 15.2. The zero-order valence-electron chi connectivity index (χ0n) is 12.0. The molecule has 114 valence electrons. The summed E-state index contributed by atoms with van der Waals surface area (Å²) in [6.07, 6.45) is 2.09. The summed E-state index contributed by atoms with van der Waals surface area (Å²) < 4.78 is 4.99. The van der Waals surface area contributed by atoms with Crippen LogP contribution in [0, 0.1) is 5.92 Å². The summed E-state index contributed by atoms with van der Waals surface area (Å²) in [4.78, 5) is 29.0. The fourth-order valence-electron chi connectivity index (χ4n) is 2.39. The van der Waals surface area contributed by atoms with Gasteiger partial charge in [-0.15, -0.1) is 0 Å². The molecule has 0 spiro atoms. The van der Waals surface area contributed by atoms with Gasteiger partial charge in [0.2, 0.25) is 5.91 Å². The minimum Gasteiger partial charge on any atom is -0.383 e. The molecule has 1 fully saturated rings. The van der Waals surface area contributed by atoms with Gasteiger partial charge in [-0.3, -0.25) is 9.59 Å². The van der Waals surface area contributed by atoms with Crippen LogP contribution in [0.2, 0.25) is 0 Å². The largest absolute Gasteiger partial charge is 0.383 e. The van der Waals surface area contributed by atoms with Gasteiger partial charge in [-0.25, -0.2) is 4.98 Å². The molecule has 1 saturated heterocycles. The number of hydrogen-bond donors (Lipinski definition) is 2. The smallest absolute Gasteiger partial charge is 0.252 e. The van der Waals surface area contributed by atoms with Crippen LogP contribution in [0.15, 0.2) is 18.3 Å². The lowest BCUT2D eigenvalue weighted by molar-refractivity contribution is -0.128. The number of nitrogens with one attached hydrogen (secondary N) is 1. The van der Waals surface area contributed by atoms with E-state index in [9.17, 15) is 9.59 Å². The Labute approximate surface area is 123 Å². The standard InChI is InChI=1S/C14H20N4O3/c1-21-6-5-18-9-10(7-12(18)19)8-17-14-11(13(15)20)3-2-4-16-14/h2-4,10H,5-9H2,1H3,(H2,15,20)(H,16,17)/t10-/m0/s1. The molecule has 3 N–H and O–H groups in total. The van der Waals surface area contributed by atoms with Crippen LogP contribution in [0.5, 0.6) is 0 Å². The molecule has 2 heterocycles. The molecule has 0 aliphatic carbocycles. The highest BCUT2D eigenvalue weighted by atomic mass is 16.5.